The van der Waals surface area contributed by atoms with Crippen LogP contribution in [-0.4, -0.2) is 16.1 Å². The summed E-state index contributed by atoms with van der Waals surface area (Å²) in [5.74, 6) is -0.625. The number of carbonyl (C=O) groups is 1. The summed E-state index contributed by atoms with van der Waals surface area (Å²) in [6.45, 7) is 0. The zero-order valence-electron chi connectivity index (χ0n) is 11.2. The predicted octanol–water partition coefficient (Wildman–Crippen LogP) is 3.27. The Bertz CT molecular complexity index is 711. The maximum Gasteiger partial charge on any atom is 0.341 e. The number of aromatic amines is 1. The molecule has 1 aliphatic rings. The van der Waals surface area contributed by atoms with Gasteiger partial charge in [0.05, 0.1) is 0 Å². The molecule has 20 heavy (non-hydrogen) atoms. The van der Waals surface area contributed by atoms with Crippen molar-refractivity contribution in [1.29, 1.82) is 0 Å². The number of hydrogen-bond acceptors (Lipinski definition) is 2. The topological polar surface area (TPSA) is 70.2 Å². The van der Waals surface area contributed by atoms with Crippen LogP contribution in [0.1, 0.15) is 53.9 Å². The van der Waals surface area contributed by atoms with E-state index in [9.17, 15) is 9.59 Å². The average molecular weight is 271 g/mol. The van der Waals surface area contributed by atoms with Gasteiger partial charge in [-0.05, 0) is 41.8 Å². The van der Waals surface area contributed by atoms with Crippen molar-refractivity contribution in [3.8, 4) is 0 Å². The van der Waals surface area contributed by atoms with Gasteiger partial charge in [-0.15, -0.1) is 0 Å². The fourth-order valence-corrected chi connectivity index (χ4v) is 3.07. The van der Waals surface area contributed by atoms with Gasteiger partial charge in [0.25, 0.3) is 5.56 Å². The third-order valence-electron chi connectivity index (χ3n) is 4.18. The monoisotopic (exact) mass is 271 g/mol. The van der Waals surface area contributed by atoms with Crippen LogP contribution in [0.15, 0.2) is 29.1 Å². The number of hydrogen-bond donors (Lipinski definition) is 2. The number of aromatic carboxylic acids is 1. The quantitative estimate of drug-likeness (QED) is 0.880. The number of carboxylic acids is 1. The van der Waals surface area contributed by atoms with Gasteiger partial charge in [-0.2, -0.15) is 0 Å². The van der Waals surface area contributed by atoms with E-state index in [-0.39, 0.29) is 5.56 Å². The lowest BCUT2D eigenvalue weighted by atomic mass is 9.84. The van der Waals surface area contributed by atoms with Gasteiger partial charge in [-0.3, -0.25) is 4.79 Å². The highest BCUT2D eigenvalue weighted by Gasteiger charge is 2.16. The van der Waals surface area contributed by atoms with Gasteiger partial charge in [-0.25, -0.2) is 4.79 Å². The molecule has 1 aromatic carbocycles. The maximum absolute atomic E-state index is 11.7. The fraction of sp³-hybridized carbons (Fsp3) is 0.375. The second kappa shape index (κ2) is 5.12. The van der Waals surface area contributed by atoms with Crippen molar-refractivity contribution in [2.75, 3.05) is 0 Å². The van der Waals surface area contributed by atoms with Crippen LogP contribution in [0.2, 0.25) is 0 Å². The SMILES string of the molecule is O=C(O)c1cc2ccc(C3CCCCC3)cc2[nH]c1=O. The third-order valence-corrected chi connectivity index (χ3v) is 4.18. The largest absolute Gasteiger partial charge is 0.477 e. The Morgan fingerprint density at radius 2 is 1.90 bits per heavy atom. The number of carboxylic acid groups (broad SMARTS) is 1. The van der Waals surface area contributed by atoms with Crippen molar-refractivity contribution < 1.29 is 9.90 Å². The summed E-state index contributed by atoms with van der Waals surface area (Å²) in [4.78, 5) is 25.4. The molecule has 0 radical (unpaired) electrons. The molecular weight excluding hydrogens is 254 g/mol. The average Bonchev–Trinajstić information content (AvgIpc) is 2.46. The summed E-state index contributed by atoms with van der Waals surface area (Å²) in [5, 5.41) is 9.73. The molecule has 1 aromatic heterocycles. The highest BCUT2D eigenvalue weighted by Crippen LogP contribution is 2.33. The molecule has 0 saturated heterocycles. The number of aromatic nitrogens is 1. The summed E-state index contributed by atoms with van der Waals surface area (Å²) >= 11 is 0. The summed E-state index contributed by atoms with van der Waals surface area (Å²) < 4.78 is 0. The number of nitrogens with one attached hydrogen (secondary N) is 1. The zero-order valence-corrected chi connectivity index (χ0v) is 11.2. The molecule has 1 heterocycles. The van der Waals surface area contributed by atoms with Crippen LogP contribution in [0.25, 0.3) is 10.9 Å². The van der Waals surface area contributed by atoms with Crippen LogP contribution in [0.4, 0.5) is 0 Å². The number of benzene rings is 1. The van der Waals surface area contributed by atoms with Gasteiger partial charge in [0.15, 0.2) is 0 Å². The first-order valence-electron chi connectivity index (χ1n) is 7.05. The minimum absolute atomic E-state index is 0.206. The fourth-order valence-electron chi connectivity index (χ4n) is 3.07. The molecular formula is C16H17NO3. The Hall–Kier alpha value is -2.10. The van der Waals surface area contributed by atoms with E-state index in [0.717, 1.165) is 10.9 Å². The molecule has 1 aliphatic carbocycles. The lowest BCUT2D eigenvalue weighted by Crippen LogP contribution is -2.17. The molecule has 1 saturated carbocycles. The first kappa shape index (κ1) is 12.9. The van der Waals surface area contributed by atoms with Crippen LogP contribution in [0.3, 0.4) is 0 Å². The van der Waals surface area contributed by atoms with E-state index in [1.165, 1.54) is 43.7 Å². The van der Waals surface area contributed by atoms with Gasteiger partial charge >= 0.3 is 5.97 Å². The van der Waals surface area contributed by atoms with E-state index in [0.29, 0.717) is 5.92 Å². The van der Waals surface area contributed by atoms with E-state index >= 15 is 0 Å². The second-order valence-corrected chi connectivity index (χ2v) is 5.50. The van der Waals surface area contributed by atoms with Crippen LogP contribution in [-0.2, 0) is 0 Å². The predicted molar refractivity (Wildman–Crippen MR) is 77.4 cm³/mol. The van der Waals surface area contributed by atoms with Crippen molar-refractivity contribution in [1.82, 2.24) is 4.98 Å². The first-order chi connectivity index (χ1) is 9.65. The van der Waals surface area contributed by atoms with Crippen LogP contribution < -0.4 is 5.56 Å². The molecule has 0 unspecified atom stereocenters. The molecule has 104 valence electrons. The Labute approximate surface area is 116 Å². The first-order valence-corrected chi connectivity index (χ1v) is 7.05. The van der Waals surface area contributed by atoms with E-state index in [1.807, 2.05) is 12.1 Å². The molecule has 0 spiro atoms. The minimum atomic E-state index is -1.19. The Morgan fingerprint density at radius 3 is 2.60 bits per heavy atom. The van der Waals surface area contributed by atoms with Crippen LogP contribution in [0, 0.1) is 0 Å². The Kier molecular flexibility index (Phi) is 3.30. The summed E-state index contributed by atoms with van der Waals surface area (Å²) in [6, 6.07) is 7.41. The number of H-pyrrole nitrogens is 1. The highest BCUT2D eigenvalue weighted by molar-refractivity contribution is 5.92. The molecule has 0 amide bonds. The number of pyridine rings is 1. The van der Waals surface area contributed by atoms with Crippen LogP contribution >= 0.6 is 0 Å². The zero-order chi connectivity index (χ0) is 14.1. The molecule has 4 nitrogen and oxygen atoms in total. The number of fused-ring (bicyclic) bond motifs is 1. The molecule has 0 aliphatic heterocycles. The van der Waals surface area contributed by atoms with Gasteiger partial charge in [0.1, 0.15) is 5.56 Å². The molecule has 0 bridgehead atoms. The van der Waals surface area contributed by atoms with E-state index < -0.39 is 11.5 Å². The van der Waals surface area contributed by atoms with Crippen molar-refractivity contribution in [2.45, 2.75) is 38.0 Å². The van der Waals surface area contributed by atoms with Crippen molar-refractivity contribution >= 4 is 16.9 Å². The number of rotatable bonds is 2. The summed E-state index contributed by atoms with van der Waals surface area (Å²) in [5.41, 5.74) is 1.23. The minimum Gasteiger partial charge on any atom is -0.477 e. The van der Waals surface area contributed by atoms with Crippen molar-refractivity contribution in [3.05, 3.63) is 45.7 Å². The van der Waals surface area contributed by atoms with Crippen LogP contribution in [0.5, 0.6) is 0 Å². The Balaban J connectivity index is 2.05. The van der Waals surface area contributed by atoms with E-state index in [2.05, 4.69) is 11.1 Å². The van der Waals surface area contributed by atoms with Gasteiger partial charge in [-0.1, -0.05) is 31.4 Å². The summed E-state index contributed by atoms with van der Waals surface area (Å²) in [7, 11) is 0. The van der Waals surface area contributed by atoms with Crippen molar-refractivity contribution in [3.63, 3.8) is 0 Å². The molecule has 1 fully saturated rings. The normalized spacial score (nSPS) is 16.4. The van der Waals surface area contributed by atoms with Gasteiger partial charge in [0, 0.05) is 5.52 Å². The highest BCUT2D eigenvalue weighted by atomic mass is 16.4. The third kappa shape index (κ3) is 2.33. The van der Waals surface area contributed by atoms with E-state index in [4.69, 9.17) is 5.11 Å². The maximum atomic E-state index is 11.7. The molecule has 0 atom stereocenters. The van der Waals surface area contributed by atoms with E-state index in [1.54, 1.807) is 0 Å². The molecule has 4 heteroatoms. The molecule has 3 rings (SSSR count). The lowest BCUT2D eigenvalue weighted by Gasteiger charge is -2.22. The van der Waals surface area contributed by atoms with Gasteiger partial charge < -0.3 is 10.1 Å². The van der Waals surface area contributed by atoms with Crippen molar-refractivity contribution in [2.24, 2.45) is 0 Å². The Morgan fingerprint density at radius 1 is 1.15 bits per heavy atom. The second-order valence-electron chi connectivity index (χ2n) is 5.50. The molecule has 2 aromatic rings. The lowest BCUT2D eigenvalue weighted by molar-refractivity contribution is 0.0695. The molecule has 2 N–H and O–H groups in total. The standard InChI is InChI=1S/C16H17NO3/c18-15-13(16(19)20)8-12-7-6-11(9-14(12)17-15)10-4-2-1-3-5-10/h6-10H,1-5H2,(H,17,18)(H,19,20). The van der Waals surface area contributed by atoms with Gasteiger partial charge in [0.2, 0.25) is 0 Å². The smallest absolute Gasteiger partial charge is 0.341 e. The summed E-state index contributed by atoms with van der Waals surface area (Å²) in [6.07, 6.45) is 6.23.